The van der Waals surface area contributed by atoms with Crippen molar-refractivity contribution in [3.63, 3.8) is 0 Å². The Morgan fingerprint density at radius 2 is 1.90 bits per heavy atom. The fourth-order valence-corrected chi connectivity index (χ4v) is 2.21. The molecular weight excluding hydrogens is 264 g/mol. The van der Waals surface area contributed by atoms with Gasteiger partial charge in [0.2, 0.25) is 0 Å². The van der Waals surface area contributed by atoms with Crippen LogP contribution in [0.4, 0.5) is 0 Å². The van der Waals surface area contributed by atoms with Gasteiger partial charge < -0.3 is 5.32 Å². The summed E-state index contributed by atoms with van der Waals surface area (Å²) in [6.07, 6.45) is 0.691. The summed E-state index contributed by atoms with van der Waals surface area (Å²) in [5.74, 6) is 0.428. The highest BCUT2D eigenvalue weighted by atomic mass is 16.1. The number of hydrogen-bond acceptors (Lipinski definition) is 4. The summed E-state index contributed by atoms with van der Waals surface area (Å²) >= 11 is 0. The number of amides is 1. The molecule has 5 heteroatoms. The van der Waals surface area contributed by atoms with Crippen LogP contribution in [-0.2, 0) is 6.42 Å². The minimum Gasteiger partial charge on any atom is -0.348 e. The zero-order valence-corrected chi connectivity index (χ0v) is 12.8. The number of nitrogens with zero attached hydrogens (tertiary/aromatic N) is 3. The second-order valence-electron chi connectivity index (χ2n) is 5.29. The number of hydrogen-bond donors (Lipinski definition) is 1. The van der Waals surface area contributed by atoms with E-state index < -0.39 is 0 Å². The highest BCUT2D eigenvalue weighted by molar-refractivity contribution is 5.92. The molecule has 0 aliphatic heterocycles. The number of pyridine rings is 1. The summed E-state index contributed by atoms with van der Waals surface area (Å²) < 4.78 is 0. The average molecular weight is 284 g/mol. The van der Waals surface area contributed by atoms with Crippen LogP contribution in [0.15, 0.2) is 24.3 Å². The van der Waals surface area contributed by atoms with E-state index in [0.717, 1.165) is 17.1 Å². The van der Waals surface area contributed by atoms with E-state index in [1.54, 1.807) is 13.0 Å². The van der Waals surface area contributed by atoms with Crippen LogP contribution in [0.3, 0.4) is 0 Å². The smallest absolute Gasteiger partial charge is 0.270 e. The molecule has 2 aromatic heterocycles. The van der Waals surface area contributed by atoms with Crippen LogP contribution in [-0.4, -0.2) is 26.9 Å². The monoisotopic (exact) mass is 284 g/mol. The summed E-state index contributed by atoms with van der Waals surface area (Å²) in [6.45, 7) is 7.55. The molecule has 0 unspecified atom stereocenters. The van der Waals surface area contributed by atoms with Crippen molar-refractivity contribution < 1.29 is 4.79 Å². The molecule has 0 aliphatic rings. The molecule has 110 valence electrons. The van der Waals surface area contributed by atoms with E-state index in [2.05, 4.69) is 20.3 Å². The minimum absolute atomic E-state index is 0.0117. The summed E-state index contributed by atoms with van der Waals surface area (Å²) in [4.78, 5) is 25.0. The van der Waals surface area contributed by atoms with Crippen LogP contribution in [0.2, 0.25) is 0 Å². The van der Waals surface area contributed by atoms with E-state index in [0.29, 0.717) is 17.9 Å². The molecule has 1 atom stereocenters. The normalized spacial score (nSPS) is 12.0. The van der Waals surface area contributed by atoms with Crippen LogP contribution >= 0.6 is 0 Å². The molecule has 0 fully saturated rings. The lowest BCUT2D eigenvalue weighted by Crippen LogP contribution is -2.35. The molecule has 1 amide bonds. The number of rotatable bonds is 4. The number of carbonyl (C=O) groups is 1. The summed E-state index contributed by atoms with van der Waals surface area (Å²) in [5, 5.41) is 2.95. The van der Waals surface area contributed by atoms with Crippen LogP contribution in [0.1, 0.15) is 40.3 Å². The maximum Gasteiger partial charge on any atom is 0.270 e. The van der Waals surface area contributed by atoms with Gasteiger partial charge in [-0.05, 0) is 45.9 Å². The molecule has 0 aliphatic carbocycles. The van der Waals surface area contributed by atoms with Crippen LogP contribution in [0.5, 0.6) is 0 Å². The average Bonchev–Trinajstić information content (AvgIpc) is 2.37. The quantitative estimate of drug-likeness (QED) is 0.934. The van der Waals surface area contributed by atoms with Gasteiger partial charge in [-0.2, -0.15) is 0 Å². The number of aromatic nitrogens is 3. The molecule has 2 aromatic rings. The molecule has 1 N–H and O–H groups in total. The maximum absolute atomic E-state index is 12.2. The second-order valence-corrected chi connectivity index (χ2v) is 5.29. The van der Waals surface area contributed by atoms with Crippen molar-refractivity contribution in [2.45, 2.75) is 40.2 Å². The third-order valence-corrected chi connectivity index (χ3v) is 3.04. The number of carbonyl (C=O) groups excluding carboxylic acids is 1. The lowest BCUT2D eigenvalue weighted by Gasteiger charge is -2.13. The van der Waals surface area contributed by atoms with Crippen molar-refractivity contribution in [2.24, 2.45) is 0 Å². The van der Waals surface area contributed by atoms with Crippen molar-refractivity contribution in [1.82, 2.24) is 20.3 Å². The largest absolute Gasteiger partial charge is 0.348 e. The highest BCUT2D eigenvalue weighted by Crippen LogP contribution is 2.04. The van der Waals surface area contributed by atoms with Crippen LogP contribution in [0, 0.1) is 20.8 Å². The molecule has 0 aromatic carbocycles. The second kappa shape index (κ2) is 6.43. The Labute approximate surface area is 124 Å². The van der Waals surface area contributed by atoms with E-state index >= 15 is 0 Å². The highest BCUT2D eigenvalue weighted by Gasteiger charge is 2.13. The number of aryl methyl sites for hydroxylation is 3. The molecule has 2 rings (SSSR count). The Balaban J connectivity index is 2.02. The topological polar surface area (TPSA) is 67.8 Å². The molecule has 0 radical (unpaired) electrons. The first kappa shape index (κ1) is 15.1. The van der Waals surface area contributed by atoms with Crippen molar-refractivity contribution in [3.05, 3.63) is 52.9 Å². The molecule has 21 heavy (non-hydrogen) atoms. The van der Waals surface area contributed by atoms with Gasteiger partial charge in [-0.1, -0.05) is 6.07 Å². The summed E-state index contributed by atoms with van der Waals surface area (Å²) in [5.41, 5.74) is 3.15. The Morgan fingerprint density at radius 3 is 2.57 bits per heavy atom. The maximum atomic E-state index is 12.2. The lowest BCUT2D eigenvalue weighted by molar-refractivity contribution is 0.0934. The lowest BCUT2D eigenvalue weighted by atomic mass is 10.1. The van der Waals surface area contributed by atoms with Crippen molar-refractivity contribution in [1.29, 1.82) is 0 Å². The minimum atomic E-state index is -0.177. The summed E-state index contributed by atoms with van der Waals surface area (Å²) in [6, 6.07) is 7.58. The zero-order valence-electron chi connectivity index (χ0n) is 12.8. The van der Waals surface area contributed by atoms with Gasteiger partial charge >= 0.3 is 0 Å². The first-order valence-electron chi connectivity index (χ1n) is 6.99. The SMILES string of the molecule is Cc1cccc(C[C@@H](C)NC(=O)c2cc(C)nc(C)n2)n1. The Hall–Kier alpha value is -2.30. The van der Waals surface area contributed by atoms with E-state index in [-0.39, 0.29) is 11.9 Å². The molecule has 0 bridgehead atoms. The third kappa shape index (κ3) is 4.34. The van der Waals surface area contributed by atoms with E-state index in [9.17, 15) is 4.79 Å². The first-order valence-corrected chi connectivity index (χ1v) is 6.99. The van der Waals surface area contributed by atoms with Gasteiger partial charge in [0.25, 0.3) is 5.91 Å². The third-order valence-electron chi connectivity index (χ3n) is 3.04. The van der Waals surface area contributed by atoms with Gasteiger partial charge in [0.05, 0.1) is 0 Å². The fourth-order valence-electron chi connectivity index (χ4n) is 2.21. The van der Waals surface area contributed by atoms with E-state index in [1.165, 1.54) is 0 Å². The van der Waals surface area contributed by atoms with E-state index in [1.807, 2.05) is 39.0 Å². The van der Waals surface area contributed by atoms with Crippen LogP contribution < -0.4 is 5.32 Å². The molecule has 0 saturated carbocycles. The van der Waals surface area contributed by atoms with Gasteiger partial charge in [0, 0.05) is 29.5 Å². The first-order chi connectivity index (χ1) is 9.94. The Kier molecular flexibility index (Phi) is 4.62. The molecule has 0 saturated heterocycles. The van der Waals surface area contributed by atoms with Gasteiger partial charge in [-0.15, -0.1) is 0 Å². The van der Waals surface area contributed by atoms with Crippen molar-refractivity contribution in [2.75, 3.05) is 0 Å². The molecular formula is C16H20N4O. The number of nitrogens with one attached hydrogen (secondary N) is 1. The predicted molar refractivity (Wildman–Crippen MR) is 81.1 cm³/mol. The van der Waals surface area contributed by atoms with Gasteiger partial charge in [-0.25, -0.2) is 9.97 Å². The fraction of sp³-hybridized carbons (Fsp3) is 0.375. The van der Waals surface area contributed by atoms with Gasteiger partial charge in [0.1, 0.15) is 11.5 Å². The Bertz CT molecular complexity index is 634. The summed E-state index contributed by atoms with van der Waals surface area (Å²) in [7, 11) is 0. The molecule has 0 spiro atoms. The zero-order chi connectivity index (χ0) is 15.4. The Morgan fingerprint density at radius 1 is 1.14 bits per heavy atom. The molecule has 2 heterocycles. The van der Waals surface area contributed by atoms with Crippen molar-refractivity contribution in [3.8, 4) is 0 Å². The van der Waals surface area contributed by atoms with Crippen LogP contribution in [0.25, 0.3) is 0 Å². The molecule has 5 nitrogen and oxygen atoms in total. The van der Waals surface area contributed by atoms with E-state index in [4.69, 9.17) is 0 Å². The van der Waals surface area contributed by atoms with Gasteiger partial charge in [0.15, 0.2) is 0 Å². The standard InChI is InChI=1S/C16H20N4O/c1-10-6-5-7-14(18-10)8-11(2)19-16(21)15-9-12(3)17-13(4)20-15/h5-7,9,11H,8H2,1-4H3,(H,19,21)/t11-/m1/s1. The van der Waals surface area contributed by atoms with Crippen molar-refractivity contribution >= 4 is 5.91 Å². The predicted octanol–water partition coefficient (Wildman–Crippen LogP) is 2.16. The van der Waals surface area contributed by atoms with Gasteiger partial charge in [-0.3, -0.25) is 9.78 Å².